The van der Waals surface area contributed by atoms with Crippen molar-refractivity contribution in [3.05, 3.63) is 46.4 Å². The van der Waals surface area contributed by atoms with Crippen molar-refractivity contribution in [1.29, 1.82) is 0 Å². The Labute approximate surface area is 77.5 Å². The molecule has 3 nitrogen and oxygen atoms in total. The van der Waals surface area contributed by atoms with Crippen LogP contribution in [0.25, 0.3) is 0 Å². The van der Waals surface area contributed by atoms with Gasteiger partial charge in [-0.05, 0) is 13.0 Å². The summed E-state index contributed by atoms with van der Waals surface area (Å²) in [6, 6.07) is 3.68. The van der Waals surface area contributed by atoms with Crippen molar-refractivity contribution in [2.24, 2.45) is 5.73 Å². The van der Waals surface area contributed by atoms with Crippen LogP contribution in [-0.2, 0) is 6.54 Å². The van der Waals surface area contributed by atoms with Crippen molar-refractivity contribution in [3.63, 3.8) is 0 Å². The molecule has 0 unspecified atom stereocenters. The molecule has 70 valence electrons. The first-order chi connectivity index (χ1) is 6.25. The molecule has 0 spiro atoms. The fraction of sp³-hybridized carbons (Fsp3) is 0.300. The summed E-state index contributed by atoms with van der Waals surface area (Å²) in [5.74, 6) is 0. The Balaban J connectivity index is 2.84. The third-order valence-electron chi connectivity index (χ3n) is 1.82. The van der Waals surface area contributed by atoms with Gasteiger partial charge in [-0.1, -0.05) is 18.2 Å². The molecule has 0 amide bonds. The minimum atomic E-state index is 0.0594. The summed E-state index contributed by atoms with van der Waals surface area (Å²) >= 11 is 0. The van der Waals surface area contributed by atoms with Crippen LogP contribution < -0.4 is 11.3 Å². The maximum Gasteiger partial charge on any atom is 0.253 e. The molecule has 0 aliphatic heterocycles. The molecule has 0 saturated carbocycles. The van der Waals surface area contributed by atoms with Crippen LogP contribution in [0.4, 0.5) is 0 Å². The van der Waals surface area contributed by atoms with Crippen LogP contribution in [-0.4, -0.2) is 11.1 Å². The molecule has 0 saturated heterocycles. The van der Waals surface area contributed by atoms with Crippen molar-refractivity contribution >= 4 is 0 Å². The number of pyridine rings is 1. The first-order valence-electron chi connectivity index (χ1n) is 4.27. The molecule has 0 radical (unpaired) electrons. The Hall–Kier alpha value is -1.35. The van der Waals surface area contributed by atoms with Gasteiger partial charge in [-0.3, -0.25) is 4.79 Å². The van der Waals surface area contributed by atoms with E-state index in [1.165, 1.54) is 0 Å². The molecule has 0 fully saturated rings. The van der Waals surface area contributed by atoms with Gasteiger partial charge in [0.25, 0.3) is 5.56 Å². The Morgan fingerprint density at radius 1 is 1.54 bits per heavy atom. The van der Waals surface area contributed by atoms with Gasteiger partial charge in [0, 0.05) is 24.8 Å². The number of hydrogen-bond acceptors (Lipinski definition) is 2. The highest BCUT2D eigenvalue weighted by Gasteiger charge is 1.94. The fourth-order valence-corrected chi connectivity index (χ4v) is 1.08. The van der Waals surface area contributed by atoms with E-state index in [0.717, 1.165) is 5.56 Å². The Bertz CT molecular complexity index is 352. The van der Waals surface area contributed by atoms with E-state index in [0.29, 0.717) is 13.1 Å². The van der Waals surface area contributed by atoms with Crippen LogP contribution in [0.1, 0.15) is 5.56 Å². The average Bonchev–Trinajstić information content (AvgIpc) is 2.13. The standard InChI is InChI=1S/C10H14N2O/c1-9-5-4-8-12(10(9)13)7-3-2-6-11/h2-5,8H,6-7,11H2,1H3. The normalized spacial score (nSPS) is 10.9. The highest BCUT2D eigenvalue weighted by molar-refractivity contribution is 5.08. The van der Waals surface area contributed by atoms with E-state index >= 15 is 0 Å². The number of rotatable bonds is 3. The number of nitrogens with two attached hydrogens (primary N) is 1. The molecule has 0 aliphatic rings. The van der Waals surface area contributed by atoms with Crippen molar-refractivity contribution in [3.8, 4) is 0 Å². The van der Waals surface area contributed by atoms with Crippen molar-refractivity contribution < 1.29 is 0 Å². The zero-order chi connectivity index (χ0) is 9.68. The summed E-state index contributed by atoms with van der Waals surface area (Å²) in [4.78, 5) is 11.5. The molecular weight excluding hydrogens is 164 g/mol. The van der Waals surface area contributed by atoms with Gasteiger partial charge in [0.05, 0.1) is 0 Å². The van der Waals surface area contributed by atoms with Gasteiger partial charge in [0.15, 0.2) is 0 Å². The van der Waals surface area contributed by atoms with E-state index < -0.39 is 0 Å². The first kappa shape index (κ1) is 9.74. The van der Waals surface area contributed by atoms with E-state index in [9.17, 15) is 4.79 Å². The fourth-order valence-electron chi connectivity index (χ4n) is 1.08. The predicted molar refractivity (Wildman–Crippen MR) is 53.6 cm³/mol. The predicted octanol–water partition coefficient (Wildman–Crippen LogP) is 0.672. The third-order valence-corrected chi connectivity index (χ3v) is 1.82. The van der Waals surface area contributed by atoms with Gasteiger partial charge < -0.3 is 10.3 Å². The zero-order valence-corrected chi connectivity index (χ0v) is 7.73. The molecule has 1 aromatic heterocycles. The summed E-state index contributed by atoms with van der Waals surface area (Å²) in [5, 5.41) is 0. The van der Waals surface area contributed by atoms with Gasteiger partial charge in [-0.2, -0.15) is 0 Å². The lowest BCUT2D eigenvalue weighted by Crippen LogP contribution is -2.20. The molecule has 3 heteroatoms. The van der Waals surface area contributed by atoms with E-state index in [-0.39, 0.29) is 5.56 Å². The summed E-state index contributed by atoms with van der Waals surface area (Å²) in [6.45, 7) is 2.92. The monoisotopic (exact) mass is 178 g/mol. The molecule has 2 N–H and O–H groups in total. The maximum atomic E-state index is 11.5. The summed E-state index contributed by atoms with van der Waals surface area (Å²) in [6.07, 6.45) is 5.51. The highest BCUT2D eigenvalue weighted by atomic mass is 16.1. The van der Waals surface area contributed by atoms with Crippen LogP contribution in [0.2, 0.25) is 0 Å². The zero-order valence-electron chi connectivity index (χ0n) is 7.73. The topological polar surface area (TPSA) is 48.0 Å². The number of allylic oxidation sites excluding steroid dienone is 1. The Morgan fingerprint density at radius 2 is 2.31 bits per heavy atom. The van der Waals surface area contributed by atoms with Crippen LogP contribution in [0.5, 0.6) is 0 Å². The molecule has 1 heterocycles. The van der Waals surface area contributed by atoms with E-state index in [4.69, 9.17) is 5.73 Å². The second-order valence-electron chi connectivity index (χ2n) is 2.86. The molecule has 0 aliphatic carbocycles. The summed E-state index contributed by atoms with van der Waals surface area (Å²) < 4.78 is 1.65. The summed E-state index contributed by atoms with van der Waals surface area (Å²) in [7, 11) is 0. The average molecular weight is 178 g/mol. The van der Waals surface area contributed by atoms with Crippen molar-refractivity contribution in [2.75, 3.05) is 6.54 Å². The molecule has 1 rings (SSSR count). The summed E-state index contributed by atoms with van der Waals surface area (Å²) in [5.41, 5.74) is 6.11. The second kappa shape index (κ2) is 4.62. The number of hydrogen-bond donors (Lipinski definition) is 1. The lowest BCUT2D eigenvalue weighted by atomic mass is 10.3. The van der Waals surface area contributed by atoms with E-state index in [2.05, 4.69) is 0 Å². The Kier molecular flexibility index (Phi) is 3.46. The van der Waals surface area contributed by atoms with Crippen LogP contribution >= 0.6 is 0 Å². The minimum Gasteiger partial charge on any atom is -0.327 e. The van der Waals surface area contributed by atoms with Gasteiger partial charge in [0.2, 0.25) is 0 Å². The SMILES string of the molecule is Cc1cccn(CC=CCN)c1=O. The first-order valence-corrected chi connectivity index (χ1v) is 4.27. The maximum absolute atomic E-state index is 11.5. The minimum absolute atomic E-state index is 0.0594. The lowest BCUT2D eigenvalue weighted by molar-refractivity contribution is 0.769. The smallest absolute Gasteiger partial charge is 0.253 e. The molecule has 0 bridgehead atoms. The largest absolute Gasteiger partial charge is 0.327 e. The van der Waals surface area contributed by atoms with Crippen LogP contribution in [0.15, 0.2) is 35.3 Å². The molecule has 0 atom stereocenters. The van der Waals surface area contributed by atoms with Crippen molar-refractivity contribution in [2.45, 2.75) is 13.5 Å². The van der Waals surface area contributed by atoms with E-state index in [1.54, 1.807) is 10.8 Å². The molecule has 0 aromatic carbocycles. The number of aromatic nitrogens is 1. The van der Waals surface area contributed by atoms with Gasteiger partial charge in [-0.15, -0.1) is 0 Å². The van der Waals surface area contributed by atoms with Crippen LogP contribution in [0, 0.1) is 6.92 Å². The lowest BCUT2D eigenvalue weighted by Gasteiger charge is -2.01. The highest BCUT2D eigenvalue weighted by Crippen LogP contribution is 1.89. The number of nitrogens with zero attached hydrogens (tertiary/aromatic N) is 1. The molecule has 1 aromatic rings. The molecule has 13 heavy (non-hydrogen) atoms. The number of aryl methyl sites for hydroxylation is 1. The van der Waals surface area contributed by atoms with E-state index in [1.807, 2.05) is 31.2 Å². The van der Waals surface area contributed by atoms with Crippen molar-refractivity contribution in [1.82, 2.24) is 4.57 Å². The van der Waals surface area contributed by atoms with Gasteiger partial charge in [-0.25, -0.2) is 0 Å². The third kappa shape index (κ3) is 2.56. The Morgan fingerprint density at radius 3 is 3.00 bits per heavy atom. The van der Waals surface area contributed by atoms with Crippen LogP contribution in [0.3, 0.4) is 0 Å². The molecular formula is C10H14N2O. The van der Waals surface area contributed by atoms with Gasteiger partial charge in [0.1, 0.15) is 0 Å². The quantitative estimate of drug-likeness (QED) is 0.692. The second-order valence-corrected chi connectivity index (χ2v) is 2.86. The van der Waals surface area contributed by atoms with Gasteiger partial charge >= 0.3 is 0 Å².